The third-order valence-electron chi connectivity index (χ3n) is 2.72. The van der Waals surface area contributed by atoms with Crippen molar-refractivity contribution in [2.24, 2.45) is 0 Å². The molecule has 18 heavy (non-hydrogen) atoms. The SMILES string of the molecule is Fc1c(Cl)nc(C2Cc3ccccc3O2)nc1Cl. The number of fused-ring (bicyclic) bond motifs is 1. The average Bonchev–Trinajstić information content (AvgIpc) is 2.79. The van der Waals surface area contributed by atoms with Gasteiger partial charge in [-0.05, 0) is 11.6 Å². The number of rotatable bonds is 1. The Bertz CT molecular complexity index is 573. The van der Waals surface area contributed by atoms with Crippen LogP contribution in [0, 0.1) is 5.82 Å². The zero-order valence-corrected chi connectivity index (χ0v) is 10.5. The van der Waals surface area contributed by atoms with Crippen LogP contribution >= 0.6 is 23.2 Å². The second-order valence-corrected chi connectivity index (χ2v) is 4.61. The summed E-state index contributed by atoms with van der Waals surface area (Å²) in [5.41, 5.74) is 1.06. The van der Waals surface area contributed by atoms with Crippen molar-refractivity contribution in [3.63, 3.8) is 0 Å². The van der Waals surface area contributed by atoms with Crippen molar-refractivity contribution in [2.75, 3.05) is 0 Å². The van der Waals surface area contributed by atoms with Crippen LogP contribution in [0.3, 0.4) is 0 Å². The first-order chi connectivity index (χ1) is 8.65. The molecule has 0 amide bonds. The van der Waals surface area contributed by atoms with Crippen LogP contribution < -0.4 is 4.74 Å². The van der Waals surface area contributed by atoms with Gasteiger partial charge >= 0.3 is 0 Å². The van der Waals surface area contributed by atoms with E-state index in [1.54, 1.807) is 0 Å². The molecule has 2 heterocycles. The molecule has 0 bridgehead atoms. The maximum Gasteiger partial charge on any atom is 0.197 e. The lowest BCUT2D eigenvalue weighted by Gasteiger charge is -2.09. The third kappa shape index (κ3) is 1.91. The monoisotopic (exact) mass is 284 g/mol. The predicted octanol–water partition coefficient (Wildman–Crippen LogP) is 3.60. The molecule has 0 saturated carbocycles. The Morgan fingerprint density at radius 1 is 1.17 bits per heavy atom. The van der Waals surface area contributed by atoms with Gasteiger partial charge in [0.1, 0.15) is 5.75 Å². The second-order valence-electron chi connectivity index (χ2n) is 3.90. The summed E-state index contributed by atoms with van der Waals surface area (Å²) in [6.07, 6.45) is 0.243. The molecule has 1 aliphatic rings. The Balaban J connectivity index is 1.95. The highest BCUT2D eigenvalue weighted by Gasteiger charge is 2.27. The highest BCUT2D eigenvalue weighted by atomic mass is 35.5. The van der Waals surface area contributed by atoms with Gasteiger partial charge in [-0.3, -0.25) is 0 Å². The molecule has 1 atom stereocenters. The average molecular weight is 285 g/mol. The van der Waals surface area contributed by atoms with Crippen LogP contribution in [-0.4, -0.2) is 9.97 Å². The smallest absolute Gasteiger partial charge is 0.197 e. The minimum atomic E-state index is -0.808. The summed E-state index contributed by atoms with van der Waals surface area (Å²) in [5, 5.41) is -0.575. The number of ether oxygens (including phenoxy) is 1. The molecule has 2 aromatic rings. The van der Waals surface area contributed by atoms with Gasteiger partial charge in [-0.15, -0.1) is 0 Å². The molecule has 3 nitrogen and oxygen atoms in total. The molecule has 1 aliphatic heterocycles. The number of halogens is 3. The van der Waals surface area contributed by atoms with Gasteiger partial charge in [0.05, 0.1) is 0 Å². The minimum absolute atomic E-state index is 0.287. The topological polar surface area (TPSA) is 35.0 Å². The lowest BCUT2D eigenvalue weighted by atomic mass is 10.1. The molecule has 3 rings (SSSR count). The third-order valence-corrected chi connectivity index (χ3v) is 3.22. The quantitative estimate of drug-likeness (QED) is 0.751. The Morgan fingerprint density at radius 2 is 1.83 bits per heavy atom. The van der Waals surface area contributed by atoms with Crippen LogP contribution in [0.25, 0.3) is 0 Å². The van der Waals surface area contributed by atoms with E-state index < -0.39 is 5.82 Å². The molecule has 0 radical (unpaired) electrons. The number of hydrogen-bond acceptors (Lipinski definition) is 3. The summed E-state index contributed by atoms with van der Waals surface area (Å²) in [4.78, 5) is 7.74. The van der Waals surface area contributed by atoms with E-state index in [4.69, 9.17) is 27.9 Å². The summed E-state index contributed by atoms with van der Waals surface area (Å²) < 4.78 is 18.9. The van der Waals surface area contributed by atoms with Crippen molar-refractivity contribution >= 4 is 23.2 Å². The van der Waals surface area contributed by atoms with E-state index >= 15 is 0 Å². The van der Waals surface area contributed by atoms with Gasteiger partial charge in [0.15, 0.2) is 28.1 Å². The lowest BCUT2D eigenvalue weighted by Crippen LogP contribution is -2.09. The maximum absolute atomic E-state index is 13.2. The van der Waals surface area contributed by atoms with Crippen LogP contribution in [-0.2, 0) is 6.42 Å². The fraction of sp³-hybridized carbons (Fsp3) is 0.167. The van der Waals surface area contributed by atoms with Gasteiger partial charge in [-0.25, -0.2) is 14.4 Å². The molecular weight excluding hydrogens is 278 g/mol. The molecule has 0 fully saturated rings. The summed E-state index contributed by atoms with van der Waals surface area (Å²) >= 11 is 11.3. The van der Waals surface area contributed by atoms with E-state index in [2.05, 4.69) is 9.97 Å². The van der Waals surface area contributed by atoms with Crippen LogP contribution in [0.5, 0.6) is 5.75 Å². The van der Waals surface area contributed by atoms with Crippen LogP contribution in [0.15, 0.2) is 24.3 Å². The van der Waals surface area contributed by atoms with E-state index in [-0.39, 0.29) is 16.4 Å². The number of para-hydroxylation sites is 1. The molecule has 6 heteroatoms. The number of benzene rings is 1. The summed E-state index contributed by atoms with van der Waals surface area (Å²) in [7, 11) is 0. The van der Waals surface area contributed by atoms with Crippen LogP contribution in [0.2, 0.25) is 10.3 Å². The minimum Gasteiger partial charge on any atom is -0.482 e. The van der Waals surface area contributed by atoms with Crippen molar-refractivity contribution in [3.05, 3.63) is 51.8 Å². The van der Waals surface area contributed by atoms with Gasteiger partial charge in [-0.2, -0.15) is 0 Å². The predicted molar refractivity (Wildman–Crippen MR) is 65.5 cm³/mol. The maximum atomic E-state index is 13.2. The van der Waals surface area contributed by atoms with Crippen molar-refractivity contribution in [1.29, 1.82) is 0 Å². The fourth-order valence-electron chi connectivity index (χ4n) is 1.88. The molecule has 1 aromatic heterocycles. The van der Waals surface area contributed by atoms with Crippen molar-refractivity contribution in [2.45, 2.75) is 12.5 Å². The number of aromatic nitrogens is 2. The standard InChI is InChI=1S/C12H7Cl2FN2O/c13-10-9(15)11(14)17-12(16-10)8-5-6-3-1-2-4-7(6)18-8/h1-4,8H,5H2. The molecule has 0 spiro atoms. The Hall–Kier alpha value is -1.39. The van der Waals surface area contributed by atoms with Crippen LogP contribution in [0.1, 0.15) is 17.5 Å². The highest BCUT2D eigenvalue weighted by Crippen LogP contribution is 2.36. The summed E-state index contributed by atoms with van der Waals surface area (Å²) in [6.45, 7) is 0. The van der Waals surface area contributed by atoms with Crippen LogP contribution in [0.4, 0.5) is 4.39 Å². The van der Waals surface area contributed by atoms with E-state index in [9.17, 15) is 4.39 Å². The number of nitrogens with zero attached hydrogens (tertiary/aromatic N) is 2. The van der Waals surface area contributed by atoms with Gasteiger partial charge < -0.3 is 4.74 Å². The van der Waals surface area contributed by atoms with Gasteiger partial charge in [0.25, 0.3) is 0 Å². The largest absolute Gasteiger partial charge is 0.482 e. The highest BCUT2D eigenvalue weighted by molar-refractivity contribution is 6.33. The van der Waals surface area contributed by atoms with Crippen molar-refractivity contribution < 1.29 is 9.13 Å². The first kappa shape index (κ1) is 11.7. The zero-order valence-electron chi connectivity index (χ0n) is 9.03. The molecule has 1 unspecified atom stereocenters. The Kier molecular flexibility index (Phi) is 2.84. The van der Waals surface area contributed by atoms with Gasteiger partial charge in [-0.1, -0.05) is 41.4 Å². The van der Waals surface area contributed by atoms with Gasteiger partial charge in [0.2, 0.25) is 0 Å². The Morgan fingerprint density at radius 3 is 2.50 bits per heavy atom. The fourth-order valence-corrected chi connectivity index (χ4v) is 2.28. The van der Waals surface area contributed by atoms with Crippen molar-refractivity contribution in [3.8, 4) is 5.75 Å². The molecular formula is C12H7Cl2FN2O. The summed E-state index contributed by atoms with van der Waals surface area (Å²) in [6, 6.07) is 7.63. The Labute approximate surface area is 113 Å². The first-order valence-corrected chi connectivity index (χ1v) is 6.03. The van der Waals surface area contributed by atoms with E-state index in [1.807, 2.05) is 24.3 Å². The molecule has 0 N–H and O–H groups in total. The lowest BCUT2D eigenvalue weighted by molar-refractivity contribution is 0.227. The van der Waals surface area contributed by atoms with Gasteiger partial charge in [0, 0.05) is 6.42 Å². The van der Waals surface area contributed by atoms with E-state index in [0.717, 1.165) is 11.3 Å². The zero-order chi connectivity index (χ0) is 12.7. The molecule has 92 valence electrons. The second kappa shape index (κ2) is 4.37. The molecule has 0 aliphatic carbocycles. The first-order valence-electron chi connectivity index (χ1n) is 5.28. The van der Waals surface area contributed by atoms with E-state index in [1.165, 1.54) is 0 Å². The van der Waals surface area contributed by atoms with Crippen molar-refractivity contribution in [1.82, 2.24) is 9.97 Å². The van der Waals surface area contributed by atoms with E-state index in [0.29, 0.717) is 12.2 Å². The number of hydrogen-bond donors (Lipinski definition) is 0. The molecule has 1 aromatic carbocycles. The normalized spacial score (nSPS) is 17.4. The molecule has 0 saturated heterocycles. The summed E-state index contributed by atoms with van der Waals surface area (Å²) in [5.74, 6) is 0.267.